The first-order chi connectivity index (χ1) is 7.20. The van der Waals surface area contributed by atoms with Gasteiger partial charge >= 0.3 is 0 Å². The number of likely N-dealkylation sites (N-methyl/N-ethyl adjacent to an activating group) is 1. The molecule has 0 aliphatic heterocycles. The summed E-state index contributed by atoms with van der Waals surface area (Å²) in [7, 11) is 1.83. The second-order valence-corrected chi connectivity index (χ2v) is 4.20. The van der Waals surface area contributed by atoms with E-state index in [2.05, 4.69) is 0 Å². The molecule has 0 bridgehead atoms. The molecule has 88 valence electrons. The van der Waals surface area contributed by atoms with Gasteiger partial charge in [0, 0.05) is 26.2 Å². The molecule has 0 aromatic carbocycles. The number of rotatable bonds is 7. The highest BCUT2D eigenvalue weighted by atomic mass is 16.5. The normalized spacial score (nSPS) is 17.5. The van der Waals surface area contributed by atoms with Crippen LogP contribution >= 0.6 is 0 Å². The van der Waals surface area contributed by atoms with Crippen molar-refractivity contribution in [1.82, 2.24) is 4.90 Å². The van der Waals surface area contributed by atoms with Gasteiger partial charge in [-0.1, -0.05) is 6.92 Å². The molecule has 0 heterocycles. The summed E-state index contributed by atoms with van der Waals surface area (Å²) >= 11 is 0. The standard InChI is InChI=1S/C11H22N2O2/c1-3-6-15-8-11(14)13(2)10(7-12)9-4-5-9/h9-10H,3-8,12H2,1-2H3. The molecular formula is C11H22N2O2. The lowest BCUT2D eigenvalue weighted by Crippen LogP contribution is -2.44. The lowest BCUT2D eigenvalue weighted by Gasteiger charge is -2.27. The van der Waals surface area contributed by atoms with Crippen molar-refractivity contribution >= 4 is 5.91 Å². The average molecular weight is 214 g/mol. The monoisotopic (exact) mass is 214 g/mol. The molecule has 1 aliphatic carbocycles. The second-order valence-electron chi connectivity index (χ2n) is 4.20. The topological polar surface area (TPSA) is 55.6 Å². The Balaban J connectivity index is 2.29. The van der Waals surface area contributed by atoms with Crippen LogP contribution in [0.15, 0.2) is 0 Å². The Morgan fingerprint density at radius 1 is 1.60 bits per heavy atom. The van der Waals surface area contributed by atoms with Gasteiger partial charge in [-0.05, 0) is 25.2 Å². The van der Waals surface area contributed by atoms with Crippen LogP contribution in [0.3, 0.4) is 0 Å². The fourth-order valence-corrected chi connectivity index (χ4v) is 1.74. The van der Waals surface area contributed by atoms with Gasteiger partial charge in [0.05, 0.1) is 0 Å². The minimum absolute atomic E-state index is 0.0470. The number of amides is 1. The summed E-state index contributed by atoms with van der Waals surface area (Å²) in [5.74, 6) is 0.668. The molecule has 1 amide bonds. The Kier molecular flexibility index (Phi) is 5.05. The fraction of sp³-hybridized carbons (Fsp3) is 0.909. The second kappa shape index (κ2) is 6.08. The van der Waals surface area contributed by atoms with Gasteiger partial charge in [-0.2, -0.15) is 0 Å². The molecular weight excluding hydrogens is 192 g/mol. The number of nitrogens with two attached hydrogens (primary N) is 1. The molecule has 1 aliphatic rings. The van der Waals surface area contributed by atoms with E-state index in [1.165, 1.54) is 12.8 Å². The van der Waals surface area contributed by atoms with E-state index in [0.717, 1.165) is 6.42 Å². The van der Waals surface area contributed by atoms with Crippen molar-refractivity contribution in [3.8, 4) is 0 Å². The minimum atomic E-state index is 0.0470. The highest BCUT2D eigenvalue weighted by Crippen LogP contribution is 2.34. The Labute approximate surface area is 91.8 Å². The van der Waals surface area contributed by atoms with E-state index in [4.69, 9.17) is 10.5 Å². The first-order valence-electron chi connectivity index (χ1n) is 5.74. The van der Waals surface area contributed by atoms with Crippen molar-refractivity contribution in [1.29, 1.82) is 0 Å². The maximum atomic E-state index is 11.7. The molecule has 2 N–H and O–H groups in total. The van der Waals surface area contributed by atoms with Gasteiger partial charge in [-0.25, -0.2) is 0 Å². The molecule has 0 saturated heterocycles. The highest BCUT2D eigenvalue weighted by Gasteiger charge is 2.34. The molecule has 4 nitrogen and oxygen atoms in total. The van der Waals surface area contributed by atoms with Crippen LogP contribution in [0, 0.1) is 5.92 Å². The molecule has 0 spiro atoms. The van der Waals surface area contributed by atoms with Crippen LogP contribution in [-0.4, -0.2) is 43.7 Å². The fourth-order valence-electron chi connectivity index (χ4n) is 1.74. The number of nitrogens with zero attached hydrogens (tertiary/aromatic N) is 1. The third-order valence-corrected chi connectivity index (χ3v) is 2.87. The molecule has 4 heteroatoms. The number of carbonyl (C=O) groups excluding carboxylic acids is 1. The van der Waals surface area contributed by atoms with E-state index in [-0.39, 0.29) is 18.6 Å². The summed E-state index contributed by atoms with van der Waals surface area (Å²) in [6.45, 7) is 3.42. The van der Waals surface area contributed by atoms with Crippen molar-refractivity contribution in [2.75, 3.05) is 26.8 Å². The molecule has 15 heavy (non-hydrogen) atoms. The van der Waals surface area contributed by atoms with E-state index in [0.29, 0.717) is 19.1 Å². The Morgan fingerprint density at radius 3 is 2.73 bits per heavy atom. The molecule has 1 atom stereocenters. The lowest BCUT2D eigenvalue weighted by atomic mass is 10.1. The van der Waals surface area contributed by atoms with E-state index < -0.39 is 0 Å². The summed E-state index contributed by atoms with van der Waals surface area (Å²) in [5.41, 5.74) is 5.67. The van der Waals surface area contributed by atoms with Gasteiger partial charge in [0.15, 0.2) is 0 Å². The molecule has 0 radical (unpaired) electrons. The maximum absolute atomic E-state index is 11.7. The van der Waals surface area contributed by atoms with Crippen molar-refractivity contribution in [3.05, 3.63) is 0 Å². The van der Waals surface area contributed by atoms with Gasteiger partial charge in [0.2, 0.25) is 5.91 Å². The van der Waals surface area contributed by atoms with Crippen LogP contribution in [0.5, 0.6) is 0 Å². The average Bonchev–Trinajstić information content (AvgIpc) is 3.03. The number of carbonyl (C=O) groups is 1. The Hall–Kier alpha value is -0.610. The summed E-state index contributed by atoms with van der Waals surface area (Å²) in [5, 5.41) is 0. The smallest absolute Gasteiger partial charge is 0.248 e. The van der Waals surface area contributed by atoms with Gasteiger partial charge in [-0.15, -0.1) is 0 Å². The summed E-state index contributed by atoms with van der Waals surface area (Å²) in [6.07, 6.45) is 3.35. The predicted octanol–water partition coefficient (Wildman–Crippen LogP) is 0.609. The Morgan fingerprint density at radius 2 is 2.27 bits per heavy atom. The highest BCUT2D eigenvalue weighted by molar-refractivity contribution is 5.77. The van der Waals surface area contributed by atoms with Crippen molar-refractivity contribution < 1.29 is 9.53 Å². The van der Waals surface area contributed by atoms with Crippen LogP contribution in [0.4, 0.5) is 0 Å². The third-order valence-electron chi connectivity index (χ3n) is 2.87. The largest absolute Gasteiger partial charge is 0.372 e. The summed E-state index contributed by atoms with van der Waals surface area (Å²) < 4.78 is 5.23. The van der Waals surface area contributed by atoms with Crippen LogP contribution in [-0.2, 0) is 9.53 Å². The van der Waals surface area contributed by atoms with Gasteiger partial charge in [0.1, 0.15) is 6.61 Å². The third kappa shape index (κ3) is 3.80. The van der Waals surface area contributed by atoms with E-state index >= 15 is 0 Å². The van der Waals surface area contributed by atoms with Crippen LogP contribution in [0.25, 0.3) is 0 Å². The SMILES string of the molecule is CCCOCC(=O)N(C)C(CN)C1CC1. The minimum Gasteiger partial charge on any atom is -0.372 e. The van der Waals surface area contributed by atoms with Crippen molar-refractivity contribution in [2.24, 2.45) is 11.7 Å². The predicted molar refractivity (Wildman–Crippen MR) is 59.4 cm³/mol. The van der Waals surface area contributed by atoms with E-state index in [1.807, 2.05) is 14.0 Å². The first-order valence-corrected chi connectivity index (χ1v) is 5.74. The zero-order valence-corrected chi connectivity index (χ0v) is 9.74. The molecule has 1 rings (SSSR count). The van der Waals surface area contributed by atoms with Gasteiger partial charge in [0.25, 0.3) is 0 Å². The number of hydrogen-bond donors (Lipinski definition) is 1. The van der Waals surface area contributed by atoms with E-state index in [1.54, 1.807) is 4.90 Å². The maximum Gasteiger partial charge on any atom is 0.248 e. The first kappa shape index (κ1) is 12.5. The van der Waals surface area contributed by atoms with E-state index in [9.17, 15) is 4.79 Å². The summed E-state index contributed by atoms with van der Waals surface area (Å²) in [6, 6.07) is 0.211. The quantitative estimate of drug-likeness (QED) is 0.632. The van der Waals surface area contributed by atoms with Gasteiger partial charge in [-0.3, -0.25) is 4.79 Å². The van der Waals surface area contributed by atoms with Crippen LogP contribution in [0.1, 0.15) is 26.2 Å². The van der Waals surface area contributed by atoms with Crippen molar-refractivity contribution in [2.45, 2.75) is 32.2 Å². The van der Waals surface area contributed by atoms with Gasteiger partial charge < -0.3 is 15.4 Å². The Bertz CT molecular complexity index is 205. The zero-order valence-electron chi connectivity index (χ0n) is 9.74. The molecule has 0 aromatic rings. The molecule has 1 saturated carbocycles. The molecule has 1 fully saturated rings. The zero-order chi connectivity index (χ0) is 11.3. The van der Waals surface area contributed by atoms with Crippen LogP contribution < -0.4 is 5.73 Å². The van der Waals surface area contributed by atoms with Crippen LogP contribution in [0.2, 0.25) is 0 Å². The van der Waals surface area contributed by atoms with Crippen molar-refractivity contribution in [3.63, 3.8) is 0 Å². The molecule has 1 unspecified atom stereocenters. The summed E-state index contributed by atoms with van der Waals surface area (Å²) in [4.78, 5) is 13.5. The lowest BCUT2D eigenvalue weighted by molar-refractivity contribution is -0.137. The number of ether oxygens (including phenoxy) is 1. The number of hydrogen-bond acceptors (Lipinski definition) is 3. The molecule has 0 aromatic heterocycles.